The Labute approximate surface area is 124 Å². The molecule has 1 aromatic rings. The summed E-state index contributed by atoms with van der Waals surface area (Å²) in [5.74, 6) is -1.07. The van der Waals surface area contributed by atoms with Crippen molar-refractivity contribution in [3.8, 4) is 0 Å². The van der Waals surface area contributed by atoms with E-state index in [2.05, 4.69) is 20.7 Å². The minimum atomic E-state index is -3.82. The van der Waals surface area contributed by atoms with E-state index >= 15 is 0 Å². The fourth-order valence-corrected chi connectivity index (χ4v) is 2.88. The van der Waals surface area contributed by atoms with Gasteiger partial charge in [0.25, 0.3) is 0 Å². The number of nitrogens with one attached hydrogen (secondary N) is 1. The number of rotatable bonds is 6. The summed E-state index contributed by atoms with van der Waals surface area (Å²) in [5, 5.41) is 8.76. The van der Waals surface area contributed by atoms with Crippen molar-refractivity contribution < 1.29 is 18.3 Å². The predicted octanol–water partition coefficient (Wildman–Crippen LogP) is 2.17. The van der Waals surface area contributed by atoms with Crippen molar-refractivity contribution in [3.63, 3.8) is 0 Å². The number of anilines is 1. The number of hydrogen-bond donors (Lipinski definition) is 2. The van der Waals surface area contributed by atoms with Crippen molar-refractivity contribution in [3.05, 3.63) is 27.7 Å². The monoisotopic (exact) mass is 370 g/mol. The van der Waals surface area contributed by atoms with Crippen molar-refractivity contribution >= 4 is 49.4 Å². The van der Waals surface area contributed by atoms with E-state index in [0.29, 0.717) is 0 Å². The fourth-order valence-electron chi connectivity index (χ4n) is 1.16. The summed E-state index contributed by atoms with van der Waals surface area (Å²) in [5.41, 5.74) is 0.229. The lowest BCUT2D eigenvalue weighted by molar-refractivity contribution is -0.137. The van der Waals surface area contributed by atoms with Gasteiger partial charge in [-0.3, -0.25) is 9.52 Å². The van der Waals surface area contributed by atoms with E-state index < -0.39 is 16.2 Å². The second kappa shape index (κ2) is 6.56. The topological polar surface area (TPSA) is 86.7 Å². The van der Waals surface area contributed by atoms with Crippen LogP contribution < -0.4 is 4.72 Å². The van der Waals surface area contributed by atoms with Crippen LogP contribution in [-0.2, 0) is 15.0 Å². The van der Waals surface area contributed by atoms with E-state index in [9.17, 15) is 13.2 Å². The molecule has 0 aliphatic heterocycles. The number of nitrogens with zero attached hydrogens (tertiary/aromatic N) is 1. The summed E-state index contributed by atoms with van der Waals surface area (Å²) >= 11 is 9.11. The van der Waals surface area contributed by atoms with Crippen LogP contribution in [0.3, 0.4) is 0 Å². The lowest BCUT2D eigenvalue weighted by Gasteiger charge is -2.18. The molecule has 9 heteroatoms. The van der Waals surface area contributed by atoms with Gasteiger partial charge < -0.3 is 5.11 Å². The van der Waals surface area contributed by atoms with Gasteiger partial charge in [-0.25, -0.2) is 0 Å². The molecule has 19 heavy (non-hydrogen) atoms. The maximum Gasteiger partial charge on any atom is 0.304 e. The number of halogens is 2. The molecule has 0 spiro atoms. The zero-order valence-electron chi connectivity index (χ0n) is 9.93. The van der Waals surface area contributed by atoms with E-state index in [0.717, 1.165) is 8.78 Å². The Balaban J connectivity index is 2.81. The zero-order chi connectivity index (χ0) is 14.6. The number of carboxylic acid groups (broad SMARTS) is 1. The molecule has 0 heterocycles. The first kappa shape index (κ1) is 16.2. The molecular weight excluding hydrogens is 360 g/mol. The Morgan fingerprint density at radius 3 is 2.68 bits per heavy atom. The van der Waals surface area contributed by atoms with Crippen LogP contribution in [0.25, 0.3) is 0 Å². The molecule has 0 amide bonds. The second-order valence-corrected chi connectivity index (χ2v) is 6.80. The summed E-state index contributed by atoms with van der Waals surface area (Å²) in [4.78, 5) is 10.4. The molecule has 0 aromatic heterocycles. The van der Waals surface area contributed by atoms with Crippen LogP contribution in [0.1, 0.15) is 6.42 Å². The van der Waals surface area contributed by atoms with Gasteiger partial charge in [-0.15, -0.1) is 0 Å². The number of carboxylic acids is 1. The molecule has 6 nitrogen and oxygen atoms in total. The minimum absolute atomic E-state index is 0.126. The SMILES string of the molecule is CN(CCC(=O)O)S(=O)(=O)Nc1ccc(Br)cc1Cl. The van der Waals surface area contributed by atoms with E-state index in [4.69, 9.17) is 16.7 Å². The molecule has 0 saturated heterocycles. The number of hydrogen-bond acceptors (Lipinski definition) is 3. The standard InChI is InChI=1S/C10H12BrClN2O4S/c1-14(5-4-10(15)16)19(17,18)13-9-3-2-7(11)6-8(9)12/h2-3,6,13H,4-5H2,1H3,(H,15,16). The van der Waals surface area contributed by atoms with E-state index in [1.165, 1.54) is 13.1 Å². The molecule has 0 aliphatic rings. The highest BCUT2D eigenvalue weighted by Crippen LogP contribution is 2.26. The second-order valence-electron chi connectivity index (χ2n) is 3.70. The normalized spacial score (nSPS) is 11.6. The molecule has 1 aromatic carbocycles. The van der Waals surface area contributed by atoms with Crippen LogP contribution in [0.5, 0.6) is 0 Å². The van der Waals surface area contributed by atoms with Gasteiger partial charge >= 0.3 is 16.2 Å². The Morgan fingerprint density at radius 1 is 1.53 bits per heavy atom. The largest absolute Gasteiger partial charge is 0.481 e. The molecule has 0 unspecified atom stereocenters. The number of benzene rings is 1. The molecule has 2 N–H and O–H groups in total. The molecule has 0 fully saturated rings. The summed E-state index contributed by atoms with van der Waals surface area (Å²) in [6.07, 6.45) is -0.272. The van der Waals surface area contributed by atoms with Gasteiger partial charge in [0.1, 0.15) is 0 Å². The fraction of sp³-hybridized carbons (Fsp3) is 0.300. The van der Waals surface area contributed by atoms with Crippen LogP contribution in [0.4, 0.5) is 5.69 Å². The Hall–Kier alpha value is -0.830. The third kappa shape index (κ3) is 4.98. The Kier molecular flexibility index (Phi) is 5.60. The van der Waals surface area contributed by atoms with Crippen molar-refractivity contribution in [1.29, 1.82) is 0 Å². The third-order valence-electron chi connectivity index (χ3n) is 2.22. The molecule has 0 bridgehead atoms. The smallest absolute Gasteiger partial charge is 0.304 e. The highest BCUT2D eigenvalue weighted by atomic mass is 79.9. The lowest BCUT2D eigenvalue weighted by Crippen LogP contribution is -2.34. The van der Waals surface area contributed by atoms with Crippen LogP contribution >= 0.6 is 27.5 Å². The van der Waals surface area contributed by atoms with Crippen LogP contribution in [0.15, 0.2) is 22.7 Å². The maximum absolute atomic E-state index is 11.9. The van der Waals surface area contributed by atoms with Gasteiger partial charge in [0, 0.05) is 18.1 Å². The first-order valence-electron chi connectivity index (χ1n) is 5.13. The van der Waals surface area contributed by atoms with Gasteiger partial charge in [0.15, 0.2) is 0 Å². The first-order chi connectivity index (χ1) is 8.72. The Morgan fingerprint density at radius 2 is 2.16 bits per heavy atom. The number of carbonyl (C=O) groups is 1. The van der Waals surface area contributed by atoms with Crippen molar-refractivity contribution in [2.75, 3.05) is 18.3 Å². The van der Waals surface area contributed by atoms with Crippen LogP contribution in [0, 0.1) is 0 Å². The van der Waals surface area contributed by atoms with Gasteiger partial charge in [-0.2, -0.15) is 12.7 Å². The van der Waals surface area contributed by atoms with Gasteiger partial charge in [-0.05, 0) is 18.2 Å². The summed E-state index contributed by atoms with van der Waals surface area (Å²) in [6.45, 7) is -0.126. The highest BCUT2D eigenvalue weighted by Gasteiger charge is 2.19. The van der Waals surface area contributed by atoms with Gasteiger partial charge in [0.05, 0.1) is 17.1 Å². The van der Waals surface area contributed by atoms with Gasteiger partial charge in [-0.1, -0.05) is 27.5 Å². The number of aliphatic carboxylic acids is 1. The zero-order valence-corrected chi connectivity index (χ0v) is 13.1. The van der Waals surface area contributed by atoms with Crippen molar-refractivity contribution in [2.24, 2.45) is 0 Å². The average Bonchev–Trinajstić information content (AvgIpc) is 2.29. The Bertz CT molecular complexity index is 579. The molecule has 0 atom stereocenters. The van der Waals surface area contributed by atoms with Crippen molar-refractivity contribution in [2.45, 2.75) is 6.42 Å². The predicted molar refractivity (Wildman–Crippen MR) is 76.6 cm³/mol. The summed E-state index contributed by atoms with van der Waals surface area (Å²) in [7, 11) is -2.53. The van der Waals surface area contributed by atoms with E-state index in [1.54, 1.807) is 12.1 Å². The highest BCUT2D eigenvalue weighted by molar-refractivity contribution is 9.10. The lowest BCUT2D eigenvalue weighted by atomic mass is 10.3. The molecule has 0 aliphatic carbocycles. The van der Waals surface area contributed by atoms with Gasteiger partial charge in [0.2, 0.25) is 0 Å². The van der Waals surface area contributed by atoms with Crippen molar-refractivity contribution in [1.82, 2.24) is 4.31 Å². The summed E-state index contributed by atoms with van der Waals surface area (Å²) < 4.78 is 27.7. The molecule has 1 rings (SSSR count). The van der Waals surface area contributed by atoms with E-state index in [1.807, 2.05) is 0 Å². The van der Waals surface area contributed by atoms with Crippen LogP contribution in [0.2, 0.25) is 5.02 Å². The maximum atomic E-state index is 11.9. The third-order valence-corrected chi connectivity index (χ3v) is 4.51. The van der Waals surface area contributed by atoms with E-state index in [-0.39, 0.29) is 23.7 Å². The van der Waals surface area contributed by atoms with Crippen LogP contribution in [-0.4, -0.2) is 37.4 Å². The quantitative estimate of drug-likeness (QED) is 0.802. The molecule has 106 valence electrons. The average molecular weight is 372 g/mol. The first-order valence-corrected chi connectivity index (χ1v) is 7.74. The summed E-state index contributed by atoms with van der Waals surface area (Å²) in [6, 6.07) is 4.70. The minimum Gasteiger partial charge on any atom is -0.481 e. The molecule has 0 saturated carbocycles. The molecular formula is C10H12BrClN2O4S. The molecule has 0 radical (unpaired) electrons.